The summed E-state index contributed by atoms with van der Waals surface area (Å²) in [6.07, 6.45) is 1.33. The minimum atomic E-state index is -0.206. The second-order valence-corrected chi connectivity index (χ2v) is 4.72. The number of benzene rings is 2. The first kappa shape index (κ1) is 13.8. The Bertz CT molecular complexity index is 848. The van der Waals surface area contributed by atoms with E-state index in [1.165, 1.54) is 13.3 Å². The van der Waals surface area contributed by atoms with Gasteiger partial charge in [0.15, 0.2) is 0 Å². The Balaban J connectivity index is 1.97. The van der Waals surface area contributed by atoms with Crippen LogP contribution in [0.15, 0.2) is 48.8 Å². The van der Waals surface area contributed by atoms with Crippen LogP contribution in [-0.2, 0) is 4.79 Å². The van der Waals surface area contributed by atoms with Gasteiger partial charge >= 0.3 is 0 Å². The molecule has 1 amide bonds. The molecule has 0 bridgehead atoms. The molecule has 0 saturated carbocycles. The summed E-state index contributed by atoms with van der Waals surface area (Å²) in [5, 5.41) is 4.39. The van der Waals surface area contributed by atoms with Gasteiger partial charge in [0.05, 0.1) is 0 Å². The van der Waals surface area contributed by atoms with Gasteiger partial charge in [-0.2, -0.15) is 0 Å². The van der Waals surface area contributed by atoms with Crippen molar-refractivity contribution in [1.29, 1.82) is 0 Å². The number of nitrogens with two attached hydrogens (primary N) is 1. The second-order valence-electron chi connectivity index (χ2n) is 4.72. The van der Waals surface area contributed by atoms with Gasteiger partial charge in [-0.05, 0) is 12.1 Å². The van der Waals surface area contributed by atoms with Gasteiger partial charge in [0.1, 0.15) is 17.9 Å². The number of carbonyl (C=O) groups excluding carboxylic acids is 1. The summed E-state index contributed by atoms with van der Waals surface area (Å²) >= 11 is 0. The smallest absolute Gasteiger partial charge is 0.224 e. The van der Waals surface area contributed by atoms with Gasteiger partial charge in [-0.25, -0.2) is 9.97 Å². The Labute approximate surface area is 127 Å². The zero-order valence-electron chi connectivity index (χ0n) is 11.9. The van der Waals surface area contributed by atoms with Crippen LogP contribution < -0.4 is 15.8 Å². The largest absolute Gasteiger partial charge is 0.438 e. The zero-order valence-corrected chi connectivity index (χ0v) is 11.9. The molecule has 0 aliphatic heterocycles. The van der Waals surface area contributed by atoms with Crippen LogP contribution in [-0.4, -0.2) is 15.9 Å². The lowest BCUT2D eigenvalue weighted by Gasteiger charge is -2.10. The maximum Gasteiger partial charge on any atom is 0.224 e. The van der Waals surface area contributed by atoms with E-state index in [-0.39, 0.29) is 5.91 Å². The van der Waals surface area contributed by atoms with Gasteiger partial charge < -0.3 is 15.8 Å². The van der Waals surface area contributed by atoms with Crippen molar-refractivity contribution in [3.05, 3.63) is 48.8 Å². The van der Waals surface area contributed by atoms with Crippen LogP contribution in [0.25, 0.3) is 10.8 Å². The fourth-order valence-corrected chi connectivity index (χ4v) is 2.14. The lowest BCUT2D eigenvalue weighted by atomic mass is 10.1. The van der Waals surface area contributed by atoms with E-state index in [9.17, 15) is 4.79 Å². The number of aromatic nitrogens is 2. The Morgan fingerprint density at radius 2 is 1.91 bits per heavy atom. The van der Waals surface area contributed by atoms with Crippen molar-refractivity contribution in [3.63, 3.8) is 0 Å². The summed E-state index contributed by atoms with van der Waals surface area (Å²) < 4.78 is 5.81. The molecule has 6 heteroatoms. The van der Waals surface area contributed by atoms with Crippen LogP contribution in [0, 0.1) is 0 Å². The predicted octanol–water partition coefficient (Wildman–Crippen LogP) is 2.96. The number of nitrogens with zero attached hydrogens (tertiary/aromatic N) is 2. The van der Waals surface area contributed by atoms with Crippen molar-refractivity contribution in [1.82, 2.24) is 9.97 Å². The molecule has 0 radical (unpaired) electrons. The van der Waals surface area contributed by atoms with Crippen LogP contribution in [0.1, 0.15) is 6.92 Å². The topological polar surface area (TPSA) is 90.1 Å². The molecule has 2 aromatic carbocycles. The molecule has 3 aromatic rings. The van der Waals surface area contributed by atoms with Gasteiger partial charge in [-0.1, -0.05) is 24.3 Å². The summed E-state index contributed by atoms with van der Waals surface area (Å²) in [5.74, 6) is 1.16. The SMILES string of the molecule is CC(=O)Nc1cc(Oc2ccc(N)c3ccccc23)ncn1. The van der Waals surface area contributed by atoms with E-state index in [0.29, 0.717) is 23.1 Å². The molecule has 0 spiro atoms. The average molecular weight is 294 g/mol. The summed E-state index contributed by atoms with van der Waals surface area (Å²) in [5.41, 5.74) is 6.65. The van der Waals surface area contributed by atoms with E-state index in [1.54, 1.807) is 18.2 Å². The number of nitrogens with one attached hydrogen (secondary N) is 1. The summed E-state index contributed by atoms with van der Waals surface area (Å²) in [4.78, 5) is 19.1. The standard InChI is InChI=1S/C16H14N4O2/c1-10(21)20-15-8-16(19-9-18-15)22-14-7-6-13(17)11-4-2-3-5-12(11)14/h2-9H,17H2,1H3,(H,18,19,20,21). The number of fused-ring (bicyclic) bond motifs is 1. The second kappa shape index (κ2) is 5.69. The van der Waals surface area contributed by atoms with E-state index < -0.39 is 0 Å². The maximum absolute atomic E-state index is 11.1. The van der Waals surface area contributed by atoms with Crippen molar-refractivity contribution in [3.8, 4) is 11.6 Å². The molecule has 0 aliphatic rings. The summed E-state index contributed by atoms with van der Waals surface area (Å²) in [6, 6.07) is 12.8. The number of nitrogen functional groups attached to an aromatic ring is 1. The average Bonchev–Trinajstić information content (AvgIpc) is 2.50. The third kappa shape index (κ3) is 2.80. The minimum Gasteiger partial charge on any atom is -0.438 e. The monoisotopic (exact) mass is 294 g/mol. The number of hydrogen-bond donors (Lipinski definition) is 2. The van der Waals surface area contributed by atoms with Gasteiger partial charge in [0.25, 0.3) is 0 Å². The van der Waals surface area contributed by atoms with Gasteiger partial charge in [-0.3, -0.25) is 4.79 Å². The van der Waals surface area contributed by atoms with E-state index in [2.05, 4.69) is 15.3 Å². The molecule has 1 aromatic heterocycles. The summed E-state index contributed by atoms with van der Waals surface area (Å²) in [6.45, 7) is 1.41. The fourth-order valence-electron chi connectivity index (χ4n) is 2.14. The molecule has 22 heavy (non-hydrogen) atoms. The van der Waals surface area contributed by atoms with Crippen molar-refractivity contribution in [2.75, 3.05) is 11.1 Å². The lowest BCUT2D eigenvalue weighted by Crippen LogP contribution is -2.07. The molecule has 6 nitrogen and oxygen atoms in total. The number of hydrogen-bond acceptors (Lipinski definition) is 5. The molecule has 3 N–H and O–H groups in total. The zero-order chi connectivity index (χ0) is 15.5. The Morgan fingerprint density at radius 3 is 2.68 bits per heavy atom. The Morgan fingerprint density at radius 1 is 1.14 bits per heavy atom. The summed E-state index contributed by atoms with van der Waals surface area (Å²) in [7, 11) is 0. The number of rotatable bonds is 3. The molecule has 0 aliphatic carbocycles. The van der Waals surface area contributed by atoms with E-state index in [1.807, 2.05) is 24.3 Å². The molecular weight excluding hydrogens is 280 g/mol. The maximum atomic E-state index is 11.1. The molecule has 3 rings (SSSR count). The van der Waals surface area contributed by atoms with Gasteiger partial charge in [0.2, 0.25) is 11.8 Å². The first-order valence-corrected chi connectivity index (χ1v) is 6.68. The minimum absolute atomic E-state index is 0.206. The van der Waals surface area contributed by atoms with Crippen LogP contribution in [0.5, 0.6) is 11.6 Å². The van der Waals surface area contributed by atoms with Gasteiger partial charge in [0, 0.05) is 29.4 Å². The highest BCUT2D eigenvalue weighted by molar-refractivity contribution is 5.97. The number of amides is 1. The van der Waals surface area contributed by atoms with Crippen molar-refractivity contribution in [2.45, 2.75) is 6.92 Å². The molecule has 0 fully saturated rings. The van der Waals surface area contributed by atoms with Crippen LogP contribution >= 0.6 is 0 Å². The Hall–Kier alpha value is -3.15. The van der Waals surface area contributed by atoms with E-state index >= 15 is 0 Å². The van der Waals surface area contributed by atoms with Crippen molar-refractivity contribution in [2.24, 2.45) is 0 Å². The lowest BCUT2D eigenvalue weighted by molar-refractivity contribution is -0.114. The molecule has 0 saturated heterocycles. The van der Waals surface area contributed by atoms with Crippen molar-refractivity contribution < 1.29 is 9.53 Å². The molecule has 1 heterocycles. The highest BCUT2D eigenvalue weighted by Crippen LogP contribution is 2.32. The number of anilines is 2. The Kier molecular flexibility index (Phi) is 3.57. The molecule has 110 valence electrons. The molecule has 0 atom stereocenters. The highest BCUT2D eigenvalue weighted by atomic mass is 16.5. The fraction of sp³-hybridized carbons (Fsp3) is 0.0625. The van der Waals surface area contributed by atoms with E-state index in [0.717, 1.165) is 10.8 Å². The molecular formula is C16H14N4O2. The third-order valence-electron chi connectivity index (χ3n) is 3.08. The normalized spacial score (nSPS) is 10.4. The predicted molar refractivity (Wildman–Crippen MR) is 84.8 cm³/mol. The van der Waals surface area contributed by atoms with E-state index in [4.69, 9.17) is 10.5 Å². The van der Waals surface area contributed by atoms with Crippen LogP contribution in [0.4, 0.5) is 11.5 Å². The first-order chi connectivity index (χ1) is 10.6. The number of carbonyl (C=O) groups is 1. The van der Waals surface area contributed by atoms with Crippen LogP contribution in [0.2, 0.25) is 0 Å². The van der Waals surface area contributed by atoms with Gasteiger partial charge in [-0.15, -0.1) is 0 Å². The number of ether oxygens (including phenoxy) is 1. The quantitative estimate of drug-likeness (QED) is 0.725. The van der Waals surface area contributed by atoms with Crippen LogP contribution in [0.3, 0.4) is 0 Å². The highest BCUT2D eigenvalue weighted by Gasteiger charge is 2.08. The first-order valence-electron chi connectivity index (χ1n) is 6.68. The third-order valence-corrected chi connectivity index (χ3v) is 3.08. The van der Waals surface area contributed by atoms with Crippen molar-refractivity contribution >= 4 is 28.2 Å². The molecule has 0 unspecified atom stereocenters.